The van der Waals surface area contributed by atoms with Gasteiger partial charge < -0.3 is 16.2 Å². The molecule has 0 aromatic carbocycles. The second-order valence-corrected chi connectivity index (χ2v) is 5.82. The second-order valence-electron chi connectivity index (χ2n) is 5.82. The molecule has 0 saturated heterocycles. The maximum absolute atomic E-state index is 12.3. The molecule has 0 aromatic heterocycles. The predicted octanol–water partition coefficient (Wildman–Crippen LogP) is 2.54. The lowest BCUT2D eigenvalue weighted by molar-refractivity contribution is -0.137. The Morgan fingerprint density at radius 1 is 1.14 bits per heavy atom. The summed E-state index contributed by atoms with van der Waals surface area (Å²) in [7, 11) is 0. The molecule has 1 amide bonds. The van der Waals surface area contributed by atoms with Gasteiger partial charge >= 0.3 is 5.97 Å². The minimum Gasteiger partial charge on any atom is -0.481 e. The van der Waals surface area contributed by atoms with Crippen LogP contribution in [0.15, 0.2) is 0 Å². The molecule has 0 fully saturated rings. The molecule has 0 aliphatic heterocycles. The van der Waals surface area contributed by atoms with Crippen LogP contribution in [0.2, 0.25) is 0 Å². The molecule has 124 valence electrons. The number of nitrogens with two attached hydrogens (primary N) is 1. The Balaban J connectivity index is 4.29. The van der Waals surface area contributed by atoms with Crippen LogP contribution in [0.25, 0.3) is 0 Å². The van der Waals surface area contributed by atoms with Crippen LogP contribution >= 0.6 is 0 Å². The van der Waals surface area contributed by atoms with Crippen molar-refractivity contribution in [3.05, 3.63) is 0 Å². The molecular formula is C16H32N2O3. The Morgan fingerprint density at radius 3 is 2.19 bits per heavy atom. The van der Waals surface area contributed by atoms with Crippen LogP contribution in [-0.2, 0) is 9.59 Å². The Kier molecular flexibility index (Phi) is 10.0. The molecule has 4 N–H and O–H groups in total. The number of hydrogen-bond acceptors (Lipinski definition) is 3. The molecule has 0 bridgehead atoms. The van der Waals surface area contributed by atoms with Gasteiger partial charge in [0.1, 0.15) is 0 Å². The van der Waals surface area contributed by atoms with Crippen LogP contribution in [-0.4, -0.2) is 30.1 Å². The van der Waals surface area contributed by atoms with Crippen molar-refractivity contribution >= 4 is 11.9 Å². The lowest BCUT2D eigenvalue weighted by atomic mass is 9.81. The minimum atomic E-state index is -0.751. The summed E-state index contributed by atoms with van der Waals surface area (Å²) in [6, 6.07) is 0. The summed E-state index contributed by atoms with van der Waals surface area (Å²) in [6.07, 6.45) is 5.24. The molecule has 0 aliphatic carbocycles. The smallest absolute Gasteiger partial charge is 0.303 e. The van der Waals surface area contributed by atoms with Crippen LogP contribution in [0.5, 0.6) is 0 Å². The SMILES string of the molecule is CCCC(CCNC(=O)C(CC)(CC)CN)CCC(=O)O. The normalized spacial score (nSPS) is 13.0. The number of nitrogens with one attached hydrogen (secondary N) is 1. The average Bonchev–Trinajstić information content (AvgIpc) is 2.47. The molecule has 0 rings (SSSR count). The molecule has 1 atom stereocenters. The molecule has 0 spiro atoms. The third kappa shape index (κ3) is 6.93. The number of hydrogen-bond donors (Lipinski definition) is 3. The predicted molar refractivity (Wildman–Crippen MR) is 85.0 cm³/mol. The first kappa shape index (κ1) is 19.9. The fourth-order valence-electron chi connectivity index (χ4n) is 2.70. The van der Waals surface area contributed by atoms with Crippen molar-refractivity contribution in [1.82, 2.24) is 5.32 Å². The quantitative estimate of drug-likeness (QED) is 0.516. The number of amides is 1. The van der Waals surface area contributed by atoms with E-state index < -0.39 is 11.4 Å². The van der Waals surface area contributed by atoms with Crippen LogP contribution in [0.1, 0.15) is 65.7 Å². The van der Waals surface area contributed by atoms with Crippen LogP contribution in [0.4, 0.5) is 0 Å². The van der Waals surface area contributed by atoms with Gasteiger partial charge in [0, 0.05) is 19.5 Å². The minimum absolute atomic E-state index is 0.0310. The van der Waals surface area contributed by atoms with Gasteiger partial charge in [-0.3, -0.25) is 9.59 Å². The second kappa shape index (κ2) is 10.6. The highest BCUT2D eigenvalue weighted by Gasteiger charge is 2.32. The third-order valence-electron chi connectivity index (χ3n) is 4.53. The Hall–Kier alpha value is -1.10. The van der Waals surface area contributed by atoms with E-state index in [1.165, 1.54) is 0 Å². The summed E-state index contributed by atoms with van der Waals surface area (Å²) in [4.78, 5) is 22.9. The summed E-state index contributed by atoms with van der Waals surface area (Å²) >= 11 is 0. The topological polar surface area (TPSA) is 92.4 Å². The maximum atomic E-state index is 12.3. The summed E-state index contributed by atoms with van der Waals surface area (Å²) < 4.78 is 0. The molecule has 5 nitrogen and oxygen atoms in total. The molecular weight excluding hydrogens is 268 g/mol. The van der Waals surface area contributed by atoms with Gasteiger partial charge in [0.15, 0.2) is 0 Å². The van der Waals surface area contributed by atoms with E-state index >= 15 is 0 Å². The first-order chi connectivity index (χ1) is 9.95. The highest BCUT2D eigenvalue weighted by Crippen LogP contribution is 2.25. The first-order valence-electron chi connectivity index (χ1n) is 8.15. The van der Waals surface area contributed by atoms with Crippen molar-refractivity contribution in [3.63, 3.8) is 0 Å². The number of carboxylic acids is 1. The van der Waals surface area contributed by atoms with Crippen LogP contribution in [0, 0.1) is 11.3 Å². The number of carbonyl (C=O) groups is 2. The molecule has 0 heterocycles. The van der Waals surface area contributed by atoms with E-state index in [1.54, 1.807) is 0 Å². The molecule has 0 radical (unpaired) electrons. The van der Waals surface area contributed by atoms with Crippen LogP contribution in [0.3, 0.4) is 0 Å². The zero-order valence-electron chi connectivity index (χ0n) is 13.8. The summed E-state index contributed by atoms with van der Waals surface area (Å²) in [6.45, 7) is 7.04. The van der Waals surface area contributed by atoms with E-state index in [0.29, 0.717) is 25.4 Å². The van der Waals surface area contributed by atoms with Gasteiger partial charge in [-0.1, -0.05) is 33.6 Å². The van der Waals surface area contributed by atoms with E-state index in [1.807, 2.05) is 13.8 Å². The van der Waals surface area contributed by atoms with Gasteiger partial charge in [0.05, 0.1) is 5.41 Å². The van der Waals surface area contributed by atoms with E-state index in [0.717, 1.165) is 32.1 Å². The summed E-state index contributed by atoms with van der Waals surface area (Å²) in [5.74, 6) is -0.357. The summed E-state index contributed by atoms with van der Waals surface area (Å²) in [5, 5.41) is 11.7. The van der Waals surface area contributed by atoms with Crippen molar-refractivity contribution < 1.29 is 14.7 Å². The highest BCUT2D eigenvalue weighted by atomic mass is 16.4. The molecule has 5 heteroatoms. The van der Waals surface area contributed by atoms with Gasteiger partial charge in [-0.2, -0.15) is 0 Å². The Morgan fingerprint density at radius 2 is 1.76 bits per heavy atom. The van der Waals surface area contributed by atoms with Gasteiger partial charge in [-0.05, 0) is 31.6 Å². The zero-order valence-corrected chi connectivity index (χ0v) is 13.8. The highest BCUT2D eigenvalue weighted by molar-refractivity contribution is 5.82. The average molecular weight is 300 g/mol. The molecule has 1 unspecified atom stereocenters. The van der Waals surface area contributed by atoms with Crippen molar-refractivity contribution in [2.45, 2.75) is 65.7 Å². The van der Waals surface area contributed by atoms with Crippen LogP contribution < -0.4 is 11.1 Å². The standard InChI is InChI=1S/C16H32N2O3/c1-4-7-13(8-9-14(19)20)10-11-18-15(21)16(5-2,6-3)12-17/h13H,4-12,17H2,1-3H3,(H,18,21)(H,19,20). The van der Waals surface area contributed by atoms with E-state index in [-0.39, 0.29) is 12.3 Å². The van der Waals surface area contributed by atoms with Gasteiger partial charge in [-0.15, -0.1) is 0 Å². The molecule has 0 saturated carbocycles. The number of aliphatic carboxylic acids is 1. The fraction of sp³-hybridized carbons (Fsp3) is 0.875. The van der Waals surface area contributed by atoms with Crippen molar-refractivity contribution in [3.8, 4) is 0 Å². The van der Waals surface area contributed by atoms with Crippen molar-refractivity contribution in [2.24, 2.45) is 17.1 Å². The third-order valence-corrected chi connectivity index (χ3v) is 4.53. The first-order valence-corrected chi connectivity index (χ1v) is 8.15. The summed E-state index contributed by atoms with van der Waals surface area (Å²) in [5.41, 5.74) is 5.31. The molecule has 0 aliphatic rings. The lowest BCUT2D eigenvalue weighted by Crippen LogP contribution is -2.45. The number of carbonyl (C=O) groups excluding carboxylic acids is 1. The zero-order chi connectivity index (χ0) is 16.3. The maximum Gasteiger partial charge on any atom is 0.303 e. The van der Waals surface area contributed by atoms with Gasteiger partial charge in [0.2, 0.25) is 5.91 Å². The monoisotopic (exact) mass is 300 g/mol. The van der Waals surface area contributed by atoms with E-state index in [4.69, 9.17) is 10.8 Å². The molecule has 0 aromatic rings. The Bertz CT molecular complexity index is 306. The van der Waals surface area contributed by atoms with Crippen molar-refractivity contribution in [1.29, 1.82) is 0 Å². The van der Waals surface area contributed by atoms with E-state index in [2.05, 4.69) is 12.2 Å². The van der Waals surface area contributed by atoms with Gasteiger partial charge in [-0.25, -0.2) is 0 Å². The van der Waals surface area contributed by atoms with Gasteiger partial charge in [0.25, 0.3) is 0 Å². The van der Waals surface area contributed by atoms with Crippen molar-refractivity contribution in [2.75, 3.05) is 13.1 Å². The number of carboxylic acid groups (broad SMARTS) is 1. The number of rotatable bonds is 12. The largest absolute Gasteiger partial charge is 0.481 e. The molecule has 21 heavy (non-hydrogen) atoms. The Labute approximate surface area is 128 Å². The van der Waals surface area contributed by atoms with E-state index in [9.17, 15) is 9.59 Å². The fourth-order valence-corrected chi connectivity index (χ4v) is 2.70. The lowest BCUT2D eigenvalue weighted by Gasteiger charge is -2.29.